The molecule has 4 heteroatoms. The summed E-state index contributed by atoms with van der Waals surface area (Å²) in [6, 6.07) is 10.4. The highest BCUT2D eigenvalue weighted by Crippen LogP contribution is 2.36. The summed E-state index contributed by atoms with van der Waals surface area (Å²) in [6.45, 7) is 0. The lowest BCUT2D eigenvalue weighted by atomic mass is 9.94. The summed E-state index contributed by atoms with van der Waals surface area (Å²) in [5.74, 6) is 0.0830. The molecular formula is C18H19NOS2. The lowest BCUT2D eigenvalue weighted by Crippen LogP contribution is -2.39. The summed E-state index contributed by atoms with van der Waals surface area (Å²) in [7, 11) is 0. The van der Waals surface area contributed by atoms with Crippen molar-refractivity contribution in [1.82, 2.24) is 4.90 Å². The zero-order valence-corrected chi connectivity index (χ0v) is 14.0. The summed E-state index contributed by atoms with van der Waals surface area (Å²) in [5, 5.41) is 0. The Bertz CT molecular complexity index is 615. The van der Waals surface area contributed by atoms with Gasteiger partial charge in [0.2, 0.25) is 0 Å². The van der Waals surface area contributed by atoms with Gasteiger partial charge in [-0.1, -0.05) is 85.7 Å². The number of amides is 1. The van der Waals surface area contributed by atoms with Crippen molar-refractivity contribution >= 4 is 40.3 Å². The highest BCUT2D eigenvalue weighted by atomic mass is 32.2. The van der Waals surface area contributed by atoms with E-state index in [1.165, 1.54) is 31.0 Å². The molecule has 114 valence electrons. The van der Waals surface area contributed by atoms with Gasteiger partial charge in [0.25, 0.3) is 5.91 Å². The first-order valence-corrected chi connectivity index (χ1v) is 8.97. The van der Waals surface area contributed by atoms with Crippen LogP contribution < -0.4 is 0 Å². The van der Waals surface area contributed by atoms with E-state index in [1.54, 1.807) is 0 Å². The second-order valence-corrected chi connectivity index (χ2v) is 7.31. The fourth-order valence-electron chi connectivity index (χ4n) is 2.96. The summed E-state index contributed by atoms with van der Waals surface area (Å²) in [5.41, 5.74) is 1.13. The highest BCUT2D eigenvalue weighted by molar-refractivity contribution is 8.26. The first kappa shape index (κ1) is 15.5. The average molecular weight is 329 g/mol. The predicted molar refractivity (Wildman–Crippen MR) is 97.5 cm³/mol. The molecule has 2 aliphatic rings. The molecule has 2 nitrogen and oxygen atoms in total. The lowest BCUT2D eigenvalue weighted by molar-refractivity contribution is -0.124. The van der Waals surface area contributed by atoms with Gasteiger partial charge in [0, 0.05) is 6.04 Å². The molecule has 1 saturated heterocycles. The van der Waals surface area contributed by atoms with Crippen LogP contribution >= 0.6 is 24.0 Å². The molecule has 0 atom stereocenters. The summed E-state index contributed by atoms with van der Waals surface area (Å²) in [6.07, 6.45) is 11.7. The van der Waals surface area contributed by atoms with Crippen molar-refractivity contribution in [3.05, 3.63) is 53.0 Å². The van der Waals surface area contributed by atoms with Gasteiger partial charge in [-0.05, 0) is 24.5 Å². The van der Waals surface area contributed by atoms with Crippen LogP contribution in [0, 0.1) is 0 Å². The van der Waals surface area contributed by atoms with Crippen LogP contribution in [0.15, 0.2) is 47.4 Å². The predicted octanol–water partition coefficient (Wildman–Crippen LogP) is 4.78. The largest absolute Gasteiger partial charge is 0.290 e. The Labute approximate surface area is 141 Å². The van der Waals surface area contributed by atoms with Crippen LogP contribution in [0.4, 0.5) is 0 Å². The van der Waals surface area contributed by atoms with Crippen molar-refractivity contribution in [3.8, 4) is 0 Å². The first-order chi connectivity index (χ1) is 10.8. The van der Waals surface area contributed by atoms with Crippen LogP contribution in [-0.2, 0) is 4.79 Å². The Balaban J connectivity index is 1.70. The first-order valence-electron chi connectivity index (χ1n) is 7.74. The molecule has 0 bridgehead atoms. The monoisotopic (exact) mass is 329 g/mol. The number of thioether (sulfide) groups is 1. The third kappa shape index (κ3) is 3.50. The van der Waals surface area contributed by atoms with E-state index in [0.717, 1.165) is 27.6 Å². The molecule has 1 aliphatic heterocycles. The number of carbonyl (C=O) groups excluding carboxylic acids is 1. The highest BCUT2D eigenvalue weighted by Gasteiger charge is 2.37. The molecule has 0 unspecified atom stereocenters. The van der Waals surface area contributed by atoms with E-state index in [0.29, 0.717) is 6.04 Å². The molecule has 1 aromatic rings. The third-order valence-electron chi connectivity index (χ3n) is 4.10. The summed E-state index contributed by atoms with van der Waals surface area (Å²) < 4.78 is 0.719. The van der Waals surface area contributed by atoms with Crippen molar-refractivity contribution in [2.75, 3.05) is 0 Å². The van der Waals surface area contributed by atoms with Crippen molar-refractivity contribution in [2.24, 2.45) is 0 Å². The molecule has 3 rings (SSSR count). The molecule has 1 aliphatic carbocycles. The maximum atomic E-state index is 12.6. The summed E-state index contributed by atoms with van der Waals surface area (Å²) >= 11 is 6.85. The Kier molecular flexibility index (Phi) is 5.11. The zero-order valence-electron chi connectivity index (χ0n) is 12.4. The van der Waals surface area contributed by atoms with Gasteiger partial charge in [0.15, 0.2) is 0 Å². The second-order valence-electron chi connectivity index (χ2n) is 5.64. The Morgan fingerprint density at radius 3 is 2.59 bits per heavy atom. The van der Waals surface area contributed by atoms with Gasteiger partial charge in [0.05, 0.1) is 4.91 Å². The average Bonchev–Trinajstić information content (AvgIpc) is 2.83. The van der Waals surface area contributed by atoms with E-state index >= 15 is 0 Å². The Hall–Kier alpha value is -1.39. The number of thiocarbonyl (C=S) groups is 1. The smallest absolute Gasteiger partial charge is 0.266 e. The van der Waals surface area contributed by atoms with E-state index in [9.17, 15) is 4.79 Å². The molecule has 1 saturated carbocycles. The van der Waals surface area contributed by atoms with Crippen LogP contribution in [0.1, 0.15) is 37.7 Å². The van der Waals surface area contributed by atoms with Gasteiger partial charge in [-0.15, -0.1) is 0 Å². The minimum atomic E-state index is 0.0830. The zero-order chi connectivity index (χ0) is 15.4. The number of carbonyl (C=O) groups is 1. The minimum Gasteiger partial charge on any atom is -0.290 e. The maximum Gasteiger partial charge on any atom is 0.266 e. The topological polar surface area (TPSA) is 20.3 Å². The van der Waals surface area contributed by atoms with E-state index in [2.05, 4.69) is 0 Å². The molecule has 1 amide bonds. The molecule has 1 heterocycles. The van der Waals surface area contributed by atoms with Crippen LogP contribution in [0.5, 0.6) is 0 Å². The van der Waals surface area contributed by atoms with Crippen molar-refractivity contribution in [3.63, 3.8) is 0 Å². The van der Waals surface area contributed by atoms with Gasteiger partial charge >= 0.3 is 0 Å². The van der Waals surface area contributed by atoms with Gasteiger partial charge in [-0.2, -0.15) is 0 Å². The van der Waals surface area contributed by atoms with Crippen molar-refractivity contribution in [2.45, 2.75) is 38.1 Å². The molecular weight excluding hydrogens is 310 g/mol. The number of hydrogen-bond donors (Lipinski definition) is 0. The lowest BCUT2D eigenvalue weighted by Gasteiger charge is -2.29. The van der Waals surface area contributed by atoms with Gasteiger partial charge in [-0.25, -0.2) is 0 Å². The van der Waals surface area contributed by atoms with Gasteiger partial charge in [0.1, 0.15) is 4.32 Å². The molecule has 0 spiro atoms. The van der Waals surface area contributed by atoms with Crippen LogP contribution in [0.3, 0.4) is 0 Å². The maximum absolute atomic E-state index is 12.6. The van der Waals surface area contributed by atoms with E-state index in [-0.39, 0.29) is 5.91 Å². The molecule has 22 heavy (non-hydrogen) atoms. The number of benzene rings is 1. The van der Waals surface area contributed by atoms with Crippen LogP contribution in [-0.4, -0.2) is 21.2 Å². The number of hydrogen-bond acceptors (Lipinski definition) is 3. The normalized spacial score (nSPS) is 22.2. The van der Waals surface area contributed by atoms with Crippen LogP contribution in [0.25, 0.3) is 6.08 Å². The van der Waals surface area contributed by atoms with E-state index < -0.39 is 0 Å². The fraction of sp³-hybridized carbons (Fsp3) is 0.333. The molecule has 1 aromatic carbocycles. The SMILES string of the molecule is O=C1/C(=C/C=C/c2ccccc2)SC(=S)N1C1CCCCC1. The number of rotatable bonds is 3. The third-order valence-corrected chi connectivity index (χ3v) is 5.45. The standard InChI is InChI=1S/C18H19NOS2/c20-17-16(13-7-10-14-8-3-1-4-9-14)22-18(21)19(17)15-11-5-2-6-12-15/h1,3-4,7-10,13,15H,2,5-6,11-12H2/b10-7+,16-13-. The van der Waals surface area contributed by atoms with Gasteiger partial charge in [-0.3, -0.25) is 9.69 Å². The second kappa shape index (κ2) is 7.25. The fourth-order valence-corrected chi connectivity index (χ4v) is 4.31. The van der Waals surface area contributed by atoms with E-state index in [1.807, 2.05) is 53.5 Å². The molecule has 0 radical (unpaired) electrons. The van der Waals surface area contributed by atoms with E-state index in [4.69, 9.17) is 12.2 Å². The number of nitrogens with zero attached hydrogens (tertiary/aromatic N) is 1. The number of allylic oxidation sites excluding steroid dienone is 2. The van der Waals surface area contributed by atoms with Crippen molar-refractivity contribution in [1.29, 1.82) is 0 Å². The molecule has 0 aromatic heterocycles. The molecule has 2 fully saturated rings. The Morgan fingerprint density at radius 1 is 1.14 bits per heavy atom. The van der Waals surface area contributed by atoms with Crippen molar-refractivity contribution < 1.29 is 4.79 Å². The minimum absolute atomic E-state index is 0.0830. The van der Waals surface area contributed by atoms with Gasteiger partial charge < -0.3 is 0 Å². The quantitative estimate of drug-likeness (QED) is 0.588. The van der Waals surface area contributed by atoms with Crippen LogP contribution in [0.2, 0.25) is 0 Å². The summed E-state index contributed by atoms with van der Waals surface area (Å²) in [4.78, 5) is 15.2. The Morgan fingerprint density at radius 2 is 1.86 bits per heavy atom. The molecule has 0 N–H and O–H groups in total.